The molecule has 0 aromatic rings. The molecule has 0 aliphatic heterocycles. The molecular formula is C4H5FO3. The molecule has 3 nitrogen and oxygen atoms in total. The molecule has 0 amide bonds. The summed E-state index contributed by atoms with van der Waals surface area (Å²) < 4.78 is 11.2. The Morgan fingerprint density at radius 3 is 2.00 bits per heavy atom. The van der Waals surface area contributed by atoms with Gasteiger partial charge in [-0.05, 0) is 0 Å². The number of hydrogen-bond donors (Lipinski definition) is 3. The Kier molecular flexibility index (Phi) is 2.47. The number of halogens is 1. The number of aliphatic hydroxyl groups excluding tert-OH is 3. The molecule has 0 aliphatic carbocycles. The van der Waals surface area contributed by atoms with Gasteiger partial charge in [-0.3, -0.25) is 0 Å². The Hall–Kier alpha value is -1.19. The van der Waals surface area contributed by atoms with Crippen LogP contribution in [0.5, 0.6) is 0 Å². The Balaban J connectivity index is 3.89. The molecular weight excluding hydrogens is 115 g/mol. The van der Waals surface area contributed by atoms with Gasteiger partial charge >= 0.3 is 0 Å². The number of allylic oxidation sites excluding steroid dienone is 1. The summed E-state index contributed by atoms with van der Waals surface area (Å²) in [6.45, 7) is 0. The third-order valence-corrected chi connectivity index (χ3v) is 0.399. The minimum Gasteiger partial charge on any atom is -0.512 e. The van der Waals surface area contributed by atoms with Gasteiger partial charge in [-0.25, -0.2) is 0 Å². The fourth-order valence-corrected chi connectivity index (χ4v) is 0.159. The first kappa shape index (κ1) is 6.81. The van der Waals surface area contributed by atoms with Gasteiger partial charge < -0.3 is 15.3 Å². The van der Waals surface area contributed by atoms with Gasteiger partial charge in [0.1, 0.15) is 6.26 Å². The molecule has 0 aromatic heterocycles. The van der Waals surface area contributed by atoms with Crippen LogP contribution in [0.1, 0.15) is 0 Å². The van der Waals surface area contributed by atoms with Crippen molar-refractivity contribution >= 4 is 0 Å². The van der Waals surface area contributed by atoms with Gasteiger partial charge in [-0.15, -0.1) is 0 Å². The van der Waals surface area contributed by atoms with E-state index in [-0.39, 0.29) is 6.26 Å². The van der Waals surface area contributed by atoms with Gasteiger partial charge in [0, 0.05) is 0 Å². The van der Waals surface area contributed by atoms with Crippen LogP contribution < -0.4 is 0 Å². The molecule has 4 heteroatoms. The first-order valence-corrected chi connectivity index (χ1v) is 1.76. The normalized spacial score (nSPS) is 14.1. The molecule has 0 unspecified atom stereocenters. The standard InChI is InChI=1S/C4H5FO3/c5-4(8)1-3(7)2-6/h1-2,6-8H/b3-2-,4-1+. The first-order valence-electron chi connectivity index (χ1n) is 1.76. The highest BCUT2D eigenvalue weighted by Gasteiger charge is 1.88. The summed E-state index contributed by atoms with van der Waals surface area (Å²) in [6, 6.07) is -1.55. The molecule has 0 bridgehead atoms. The molecule has 0 saturated carbocycles. The molecule has 0 radical (unpaired) electrons. The maximum atomic E-state index is 11.2. The summed E-state index contributed by atoms with van der Waals surface area (Å²) >= 11 is 0. The summed E-state index contributed by atoms with van der Waals surface area (Å²) in [6.07, 6.45) is 0.621. The molecule has 0 heterocycles. The lowest BCUT2D eigenvalue weighted by molar-refractivity contribution is 0.276. The van der Waals surface area contributed by atoms with Crippen molar-refractivity contribution in [3.8, 4) is 0 Å². The second-order valence-electron chi connectivity index (χ2n) is 1.02. The summed E-state index contributed by atoms with van der Waals surface area (Å²) in [5, 5.41) is 23.7. The third-order valence-electron chi connectivity index (χ3n) is 0.399. The van der Waals surface area contributed by atoms with E-state index >= 15 is 0 Å². The summed E-state index contributed by atoms with van der Waals surface area (Å²) in [5.74, 6) is -0.731. The monoisotopic (exact) mass is 120 g/mol. The second kappa shape index (κ2) is 2.90. The molecule has 8 heavy (non-hydrogen) atoms. The van der Waals surface area contributed by atoms with Crippen molar-refractivity contribution in [2.45, 2.75) is 0 Å². The van der Waals surface area contributed by atoms with Crippen LogP contribution in [0.3, 0.4) is 0 Å². The number of hydrogen-bond acceptors (Lipinski definition) is 3. The van der Waals surface area contributed by atoms with Crippen molar-refractivity contribution < 1.29 is 19.7 Å². The molecule has 0 rings (SSSR count). The quantitative estimate of drug-likeness (QED) is 0.361. The van der Waals surface area contributed by atoms with Crippen LogP contribution in [0.2, 0.25) is 0 Å². The number of rotatable bonds is 1. The van der Waals surface area contributed by atoms with E-state index in [9.17, 15) is 4.39 Å². The van der Waals surface area contributed by atoms with Crippen molar-refractivity contribution in [3.05, 3.63) is 24.1 Å². The zero-order valence-electron chi connectivity index (χ0n) is 3.87. The maximum Gasteiger partial charge on any atom is 0.274 e. The zero-order valence-corrected chi connectivity index (χ0v) is 3.87. The highest BCUT2D eigenvalue weighted by atomic mass is 19.1. The highest BCUT2D eigenvalue weighted by molar-refractivity contribution is 5.06. The Morgan fingerprint density at radius 2 is 1.88 bits per heavy atom. The van der Waals surface area contributed by atoms with Crippen LogP contribution in [0.25, 0.3) is 0 Å². The fourth-order valence-electron chi connectivity index (χ4n) is 0.159. The largest absolute Gasteiger partial charge is 0.512 e. The predicted molar refractivity (Wildman–Crippen MR) is 25.2 cm³/mol. The van der Waals surface area contributed by atoms with Crippen molar-refractivity contribution in [1.29, 1.82) is 0 Å². The predicted octanol–water partition coefficient (Wildman–Crippen LogP) is 1.31. The van der Waals surface area contributed by atoms with E-state index in [1.54, 1.807) is 0 Å². The van der Waals surface area contributed by atoms with Crippen molar-refractivity contribution in [3.63, 3.8) is 0 Å². The third kappa shape index (κ3) is 3.02. The topological polar surface area (TPSA) is 60.7 Å². The van der Waals surface area contributed by atoms with E-state index in [1.165, 1.54) is 0 Å². The van der Waals surface area contributed by atoms with E-state index in [1.807, 2.05) is 0 Å². The summed E-state index contributed by atoms with van der Waals surface area (Å²) in [4.78, 5) is 0. The SMILES string of the molecule is O/C=C(O)/C=C(/O)F. The highest BCUT2D eigenvalue weighted by Crippen LogP contribution is 1.94. The minimum atomic E-state index is -1.55. The van der Waals surface area contributed by atoms with Crippen LogP contribution in [-0.2, 0) is 0 Å². The minimum absolute atomic E-state index is 0.260. The zero-order chi connectivity index (χ0) is 6.57. The van der Waals surface area contributed by atoms with E-state index in [0.717, 1.165) is 0 Å². The Morgan fingerprint density at radius 1 is 1.38 bits per heavy atom. The lowest BCUT2D eigenvalue weighted by Gasteiger charge is -1.83. The first-order chi connectivity index (χ1) is 3.66. The number of aliphatic hydroxyl groups is 3. The van der Waals surface area contributed by atoms with Gasteiger partial charge in [-0.2, -0.15) is 4.39 Å². The van der Waals surface area contributed by atoms with Crippen LogP contribution >= 0.6 is 0 Å². The fraction of sp³-hybridized carbons (Fsp3) is 0. The molecule has 0 aliphatic rings. The van der Waals surface area contributed by atoms with Crippen molar-refractivity contribution in [2.24, 2.45) is 0 Å². The smallest absolute Gasteiger partial charge is 0.274 e. The summed E-state index contributed by atoms with van der Waals surface area (Å²) in [5.41, 5.74) is 0. The van der Waals surface area contributed by atoms with E-state index < -0.39 is 11.8 Å². The van der Waals surface area contributed by atoms with E-state index in [4.69, 9.17) is 15.3 Å². The molecule has 0 atom stereocenters. The van der Waals surface area contributed by atoms with E-state index in [2.05, 4.69) is 0 Å². The van der Waals surface area contributed by atoms with Crippen LogP contribution in [0.4, 0.5) is 4.39 Å². The average molecular weight is 120 g/mol. The van der Waals surface area contributed by atoms with Crippen molar-refractivity contribution in [1.82, 2.24) is 0 Å². The lowest BCUT2D eigenvalue weighted by atomic mass is 10.5. The molecule has 0 spiro atoms. The van der Waals surface area contributed by atoms with Crippen LogP contribution in [-0.4, -0.2) is 15.3 Å². The lowest BCUT2D eigenvalue weighted by Crippen LogP contribution is -1.75. The van der Waals surface area contributed by atoms with Crippen LogP contribution in [0, 0.1) is 0 Å². The molecule has 0 fully saturated rings. The van der Waals surface area contributed by atoms with Gasteiger partial charge in [0.25, 0.3) is 6.01 Å². The van der Waals surface area contributed by atoms with Gasteiger partial charge in [0.2, 0.25) is 0 Å². The second-order valence-corrected chi connectivity index (χ2v) is 1.02. The maximum absolute atomic E-state index is 11.2. The molecule has 0 aromatic carbocycles. The van der Waals surface area contributed by atoms with Gasteiger partial charge in [0.05, 0.1) is 6.08 Å². The Bertz CT molecular complexity index is 123. The molecule has 46 valence electrons. The van der Waals surface area contributed by atoms with Crippen LogP contribution in [0.15, 0.2) is 24.1 Å². The summed E-state index contributed by atoms with van der Waals surface area (Å²) in [7, 11) is 0. The Labute approximate surface area is 45.0 Å². The van der Waals surface area contributed by atoms with Gasteiger partial charge in [-0.1, -0.05) is 0 Å². The average Bonchev–Trinajstić information content (AvgIpc) is 1.65. The van der Waals surface area contributed by atoms with Crippen molar-refractivity contribution in [2.75, 3.05) is 0 Å². The molecule has 0 saturated heterocycles. The van der Waals surface area contributed by atoms with E-state index in [0.29, 0.717) is 6.08 Å². The van der Waals surface area contributed by atoms with Gasteiger partial charge in [0.15, 0.2) is 5.76 Å². The molecule has 3 N–H and O–H groups in total.